The van der Waals surface area contributed by atoms with Crippen LogP contribution in [0.25, 0.3) is 0 Å². The summed E-state index contributed by atoms with van der Waals surface area (Å²) < 4.78 is 28.3. The van der Waals surface area contributed by atoms with Crippen molar-refractivity contribution in [2.24, 2.45) is 5.16 Å². The minimum absolute atomic E-state index is 0.0532. The van der Waals surface area contributed by atoms with Crippen molar-refractivity contribution in [2.75, 3.05) is 51.3 Å². The molecule has 5 rings (SSSR count). The Labute approximate surface area is 410 Å². The van der Waals surface area contributed by atoms with Crippen LogP contribution >= 0.6 is 11.3 Å². The number of likely N-dealkylation sites (tertiary alicyclic amines) is 1. The third-order valence-electron chi connectivity index (χ3n) is 10.5. The molecule has 0 radical (unpaired) electrons. The van der Waals surface area contributed by atoms with Gasteiger partial charge in [0.1, 0.15) is 22.9 Å². The molecule has 384 valence electrons. The van der Waals surface area contributed by atoms with Gasteiger partial charge in [-0.25, -0.2) is 14.6 Å². The number of hydrogen-bond acceptors (Lipinski definition) is 18. The fourth-order valence-electron chi connectivity index (χ4n) is 6.73. The monoisotopic (exact) mass is 998 g/mol. The van der Waals surface area contributed by atoms with Crippen molar-refractivity contribution >= 4 is 57.9 Å². The quantitative estimate of drug-likeness (QED) is 0.0171. The summed E-state index contributed by atoms with van der Waals surface area (Å²) in [5.74, 6) is -2.84. The van der Waals surface area contributed by atoms with Crippen molar-refractivity contribution in [3.05, 3.63) is 51.8 Å². The molecule has 0 saturated carbocycles. The standard InChI is InChI=1S/C46H66N10O13S/c1-11-13-19-64-32-22-31(56(63)25-34(32)65-20-14-12-2)37(57)47-16-18-55-17-15-27(24-55)28-21-33(68-53-28)38(58)48-23-29-35(39(59)49-29)51-40(60)36(54-69-46(9,10)41(61)66-44(3,4)5)30-26-70-42(50-30)52-43(62)67-45(6,7)8/h21-22,25-27,29,35H,11-20,23-24H2,1-10H3,(H,47,57)(H,48,58)(H,49,59)(H,51,60)(H,50,52,62)/b54-36-/t27-,29-,35+/m1/s1. The molecule has 2 saturated heterocycles. The highest BCUT2D eigenvalue weighted by molar-refractivity contribution is 7.14. The van der Waals surface area contributed by atoms with E-state index >= 15 is 0 Å². The third-order valence-corrected chi connectivity index (χ3v) is 11.2. The van der Waals surface area contributed by atoms with Crippen molar-refractivity contribution in [3.63, 3.8) is 0 Å². The highest BCUT2D eigenvalue weighted by Crippen LogP contribution is 2.29. The summed E-state index contributed by atoms with van der Waals surface area (Å²) in [6.45, 7) is 19.8. The van der Waals surface area contributed by atoms with Gasteiger partial charge in [0.25, 0.3) is 17.5 Å². The lowest BCUT2D eigenvalue weighted by Gasteiger charge is -2.37. The number of thiazole rings is 1. The largest absolute Gasteiger partial charge is 0.618 e. The maximum absolute atomic E-state index is 13.8. The van der Waals surface area contributed by atoms with Gasteiger partial charge in [-0.1, -0.05) is 37.0 Å². The molecule has 5 amide bonds. The molecule has 2 fully saturated rings. The zero-order chi connectivity index (χ0) is 51.4. The zero-order valence-corrected chi connectivity index (χ0v) is 42.3. The number of nitrogens with zero attached hydrogens (tertiary/aromatic N) is 5. The summed E-state index contributed by atoms with van der Waals surface area (Å²) >= 11 is 0.960. The first kappa shape index (κ1) is 54.4. The van der Waals surface area contributed by atoms with Gasteiger partial charge in [0.05, 0.1) is 31.0 Å². The normalized spacial score (nSPS) is 17.4. The lowest BCUT2D eigenvalue weighted by Crippen LogP contribution is -2.72. The SMILES string of the molecule is CCCCOc1cc(C(=O)NCCN2CC[C@@H](c3cc(C(=O)NC[C@H]4NC(=O)[C@H]4NC(=O)/C(=N\OC(C)(C)C(=O)OC(C)(C)C)c4csc(NC(=O)OC(C)(C)C)n4)on3)C2)[n+]([O-])cc1OCCCC. The van der Waals surface area contributed by atoms with E-state index in [-0.39, 0.29) is 41.3 Å². The fourth-order valence-corrected chi connectivity index (χ4v) is 7.41. The second-order valence-corrected chi connectivity index (χ2v) is 20.1. The van der Waals surface area contributed by atoms with Gasteiger partial charge in [-0.3, -0.25) is 24.5 Å². The van der Waals surface area contributed by atoms with Crippen molar-refractivity contribution in [1.82, 2.24) is 36.3 Å². The topological polar surface area (TPSA) is 290 Å². The number of hydrogen-bond donors (Lipinski definition) is 5. The van der Waals surface area contributed by atoms with Gasteiger partial charge in [0.15, 0.2) is 16.6 Å². The number of β-lactam (4-membered cyclic amide) rings is 1. The maximum atomic E-state index is 13.8. The summed E-state index contributed by atoms with van der Waals surface area (Å²) in [6, 6.07) is 1.08. The molecule has 2 aliphatic rings. The molecule has 2 aliphatic heterocycles. The van der Waals surface area contributed by atoms with Gasteiger partial charge in [0, 0.05) is 43.5 Å². The summed E-state index contributed by atoms with van der Waals surface area (Å²) in [5, 5.41) is 35.7. The number of ether oxygens (including phenoxy) is 4. The van der Waals surface area contributed by atoms with Gasteiger partial charge < -0.3 is 59.7 Å². The van der Waals surface area contributed by atoms with Crippen molar-refractivity contribution < 1.29 is 61.8 Å². The molecule has 3 aromatic heterocycles. The van der Waals surface area contributed by atoms with E-state index in [0.717, 1.165) is 37.0 Å². The van der Waals surface area contributed by atoms with E-state index in [0.29, 0.717) is 61.2 Å². The lowest BCUT2D eigenvalue weighted by molar-refractivity contribution is -0.608. The van der Waals surface area contributed by atoms with Crippen LogP contribution in [0.3, 0.4) is 0 Å². The number of pyridine rings is 1. The van der Waals surface area contributed by atoms with E-state index in [1.165, 1.54) is 31.5 Å². The number of nitrogens with one attached hydrogen (secondary N) is 5. The van der Waals surface area contributed by atoms with Crippen LogP contribution in [0.15, 0.2) is 33.4 Å². The fraction of sp³-hybridized carbons (Fsp3) is 0.609. The van der Waals surface area contributed by atoms with Gasteiger partial charge in [-0.15, -0.1) is 11.3 Å². The number of carbonyl (C=O) groups excluding carboxylic acids is 6. The highest BCUT2D eigenvalue weighted by Gasteiger charge is 2.42. The Morgan fingerprint density at radius 2 is 1.64 bits per heavy atom. The predicted octanol–water partition coefficient (Wildman–Crippen LogP) is 3.94. The van der Waals surface area contributed by atoms with Crippen LogP contribution in [0.1, 0.15) is 140 Å². The number of anilines is 1. The molecule has 5 heterocycles. The van der Waals surface area contributed by atoms with Gasteiger partial charge in [-0.05, 0) is 81.2 Å². The van der Waals surface area contributed by atoms with Gasteiger partial charge >= 0.3 is 18.0 Å². The minimum atomic E-state index is -1.67. The number of oxime groups is 1. The Bertz CT molecular complexity index is 2370. The van der Waals surface area contributed by atoms with Crippen LogP contribution in [-0.4, -0.2) is 131 Å². The molecular formula is C46H66N10O13S. The second-order valence-electron chi connectivity index (χ2n) is 19.3. The maximum Gasteiger partial charge on any atom is 0.413 e. The molecule has 0 aliphatic carbocycles. The molecular weight excluding hydrogens is 933 g/mol. The van der Waals surface area contributed by atoms with E-state index in [1.807, 2.05) is 13.8 Å². The van der Waals surface area contributed by atoms with Gasteiger partial charge in [-0.2, -0.15) is 4.73 Å². The van der Waals surface area contributed by atoms with Crippen molar-refractivity contribution in [2.45, 2.75) is 136 Å². The highest BCUT2D eigenvalue weighted by atomic mass is 32.1. The van der Waals surface area contributed by atoms with E-state index in [9.17, 15) is 34.0 Å². The Morgan fingerprint density at radius 3 is 2.30 bits per heavy atom. The van der Waals surface area contributed by atoms with Crippen LogP contribution in [-0.2, 0) is 28.7 Å². The Kier molecular flexibility index (Phi) is 18.5. The second kappa shape index (κ2) is 23.8. The van der Waals surface area contributed by atoms with Crippen molar-refractivity contribution in [3.8, 4) is 11.5 Å². The van der Waals surface area contributed by atoms with E-state index in [1.54, 1.807) is 47.6 Å². The first-order chi connectivity index (χ1) is 33.0. The summed E-state index contributed by atoms with van der Waals surface area (Å²) in [4.78, 5) is 90.2. The number of carbonyl (C=O) groups is 6. The molecule has 24 heteroatoms. The molecule has 3 atom stereocenters. The first-order valence-electron chi connectivity index (χ1n) is 23.3. The third kappa shape index (κ3) is 15.7. The molecule has 0 aromatic carbocycles. The first-order valence-corrected chi connectivity index (χ1v) is 24.2. The summed E-state index contributed by atoms with van der Waals surface area (Å²) in [5.41, 5.74) is -3.32. The zero-order valence-electron chi connectivity index (χ0n) is 41.5. The summed E-state index contributed by atoms with van der Waals surface area (Å²) in [6.07, 6.45) is 4.61. The number of aromatic nitrogens is 3. The number of unbranched alkanes of at least 4 members (excludes halogenated alkanes) is 2. The van der Waals surface area contributed by atoms with E-state index in [4.69, 9.17) is 28.3 Å². The molecule has 0 unspecified atom stereocenters. The van der Waals surface area contributed by atoms with Crippen LogP contribution in [0.4, 0.5) is 9.93 Å². The van der Waals surface area contributed by atoms with Crippen LogP contribution in [0, 0.1) is 5.21 Å². The Hall–Kier alpha value is -6.56. The smallest absolute Gasteiger partial charge is 0.413 e. The van der Waals surface area contributed by atoms with Crippen LogP contribution in [0.5, 0.6) is 11.5 Å². The minimum Gasteiger partial charge on any atom is -0.618 e. The van der Waals surface area contributed by atoms with Gasteiger partial charge in [0.2, 0.25) is 29.2 Å². The molecule has 70 heavy (non-hydrogen) atoms. The molecule has 5 N–H and O–H groups in total. The number of amides is 5. The number of rotatable bonds is 23. The van der Waals surface area contributed by atoms with Crippen LogP contribution in [0.2, 0.25) is 0 Å². The number of esters is 1. The Morgan fingerprint density at radius 1 is 0.957 bits per heavy atom. The van der Waals surface area contributed by atoms with E-state index in [2.05, 4.69) is 46.8 Å². The molecule has 23 nitrogen and oxygen atoms in total. The summed E-state index contributed by atoms with van der Waals surface area (Å²) in [7, 11) is 0. The average molecular weight is 999 g/mol. The van der Waals surface area contributed by atoms with Crippen molar-refractivity contribution in [1.29, 1.82) is 0 Å². The predicted molar refractivity (Wildman–Crippen MR) is 255 cm³/mol. The molecule has 0 bridgehead atoms. The average Bonchev–Trinajstić information content (AvgIpc) is 4.06. The molecule has 0 spiro atoms. The molecule has 3 aromatic rings. The Balaban J connectivity index is 1.14. The van der Waals surface area contributed by atoms with Crippen LogP contribution < -0.4 is 40.8 Å². The lowest BCUT2D eigenvalue weighted by atomic mass is 9.98. The van der Waals surface area contributed by atoms with E-state index < -0.39 is 70.3 Å².